The first-order valence-electron chi connectivity index (χ1n) is 7.39. The molecule has 1 atom stereocenters. The molecule has 0 bridgehead atoms. The van der Waals surface area contributed by atoms with E-state index in [1.165, 1.54) is 5.56 Å². The predicted molar refractivity (Wildman–Crippen MR) is 88.5 cm³/mol. The van der Waals surface area contributed by atoms with E-state index >= 15 is 0 Å². The molecule has 0 fully saturated rings. The molecule has 0 aliphatic carbocycles. The molecule has 0 spiro atoms. The fourth-order valence-electron chi connectivity index (χ4n) is 2.86. The van der Waals surface area contributed by atoms with Gasteiger partial charge >= 0.3 is 0 Å². The van der Waals surface area contributed by atoms with Gasteiger partial charge in [-0.1, -0.05) is 0 Å². The molecule has 0 radical (unpaired) electrons. The van der Waals surface area contributed by atoms with Crippen LogP contribution in [0, 0.1) is 0 Å². The zero-order valence-electron chi connectivity index (χ0n) is 12.5. The Balaban J connectivity index is 1.74. The van der Waals surface area contributed by atoms with E-state index in [1.807, 2.05) is 12.3 Å². The van der Waals surface area contributed by atoms with Gasteiger partial charge < -0.3 is 5.32 Å². The minimum absolute atomic E-state index is 0.188. The van der Waals surface area contributed by atoms with Crippen molar-refractivity contribution in [1.29, 1.82) is 0 Å². The van der Waals surface area contributed by atoms with Crippen molar-refractivity contribution in [3.05, 3.63) is 57.7 Å². The Labute approximate surface area is 141 Å². The van der Waals surface area contributed by atoms with Crippen LogP contribution in [0.3, 0.4) is 0 Å². The number of fused-ring (bicyclic) bond motifs is 2. The number of halogens is 1. The molecule has 1 unspecified atom stereocenters. The van der Waals surface area contributed by atoms with Crippen LogP contribution in [0.4, 0.5) is 0 Å². The van der Waals surface area contributed by atoms with Crippen molar-refractivity contribution in [2.24, 2.45) is 0 Å². The summed E-state index contributed by atoms with van der Waals surface area (Å²) in [7, 11) is 0. The van der Waals surface area contributed by atoms with E-state index in [1.54, 1.807) is 23.0 Å². The highest BCUT2D eigenvalue weighted by Crippen LogP contribution is 2.23. The third-order valence-electron chi connectivity index (χ3n) is 4.08. The van der Waals surface area contributed by atoms with Crippen molar-refractivity contribution in [1.82, 2.24) is 24.9 Å². The van der Waals surface area contributed by atoms with Gasteiger partial charge in [0, 0.05) is 30.7 Å². The summed E-state index contributed by atoms with van der Waals surface area (Å²) in [6.07, 6.45) is 6.19. The molecule has 1 aliphatic heterocycles. The van der Waals surface area contributed by atoms with Crippen molar-refractivity contribution in [3.8, 4) is 0 Å². The molecule has 6 nitrogen and oxygen atoms in total. The lowest BCUT2D eigenvalue weighted by Gasteiger charge is -2.23. The number of nitrogens with zero attached hydrogens (tertiary/aromatic N) is 4. The van der Waals surface area contributed by atoms with Gasteiger partial charge in [-0.15, -0.1) is 0 Å². The van der Waals surface area contributed by atoms with E-state index in [0.717, 1.165) is 23.0 Å². The standard InChI is InChI=1S/C16H14BrN5O/c1-9-12-4-13(19-6-10(12)2-3-18-9)16(23)14-5-15-20-7-11(17)8-22(15)21-14/h4-9,18H,2-3H2,1H3. The summed E-state index contributed by atoms with van der Waals surface area (Å²) in [6, 6.07) is 3.78. The van der Waals surface area contributed by atoms with Crippen LogP contribution in [0.2, 0.25) is 0 Å². The van der Waals surface area contributed by atoms with Crippen molar-refractivity contribution >= 4 is 27.4 Å². The van der Waals surface area contributed by atoms with Crippen LogP contribution in [0.5, 0.6) is 0 Å². The summed E-state index contributed by atoms with van der Waals surface area (Å²) in [6.45, 7) is 3.04. The Bertz CT molecular complexity index is 920. The van der Waals surface area contributed by atoms with E-state index < -0.39 is 0 Å². The van der Waals surface area contributed by atoms with Crippen molar-refractivity contribution in [2.45, 2.75) is 19.4 Å². The monoisotopic (exact) mass is 371 g/mol. The molecule has 0 aromatic carbocycles. The molecule has 1 aliphatic rings. The topological polar surface area (TPSA) is 72.2 Å². The van der Waals surface area contributed by atoms with Gasteiger partial charge in [-0.3, -0.25) is 9.78 Å². The number of hydrogen-bond acceptors (Lipinski definition) is 5. The predicted octanol–water partition coefficient (Wildman–Crippen LogP) is 2.32. The van der Waals surface area contributed by atoms with Gasteiger partial charge in [-0.25, -0.2) is 9.50 Å². The zero-order chi connectivity index (χ0) is 16.0. The quantitative estimate of drug-likeness (QED) is 0.699. The Morgan fingerprint density at radius 1 is 1.30 bits per heavy atom. The van der Waals surface area contributed by atoms with E-state index in [0.29, 0.717) is 17.0 Å². The van der Waals surface area contributed by atoms with Gasteiger partial charge in [-0.2, -0.15) is 5.10 Å². The van der Waals surface area contributed by atoms with E-state index in [4.69, 9.17) is 0 Å². The average Bonchev–Trinajstić information content (AvgIpc) is 2.97. The smallest absolute Gasteiger partial charge is 0.231 e. The Hall–Kier alpha value is -2.12. The lowest BCUT2D eigenvalue weighted by Crippen LogP contribution is -2.28. The van der Waals surface area contributed by atoms with Gasteiger partial charge in [0.05, 0.1) is 4.47 Å². The van der Waals surface area contributed by atoms with E-state index in [2.05, 4.69) is 43.2 Å². The summed E-state index contributed by atoms with van der Waals surface area (Å²) in [5.41, 5.74) is 3.73. The molecule has 0 saturated carbocycles. The number of hydrogen-bond donors (Lipinski definition) is 1. The Morgan fingerprint density at radius 2 is 2.17 bits per heavy atom. The summed E-state index contributed by atoms with van der Waals surface area (Å²) in [5, 5.41) is 7.70. The van der Waals surface area contributed by atoms with Crippen LogP contribution in [0.25, 0.3) is 5.65 Å². The van der Waals surface area contributed by atoms with Crippen molar-refractivity contribution in [2.75, 3.05) is 6.54 Å². The molecule has 23 heavy (non-hydrogen) atoms. The third-order valence-corrected chi connectivity index (χ3v) is 4.49. The van der Waals surface area contributed by atoms with Crippen LogP contribution < -0.4 is 5.32 Å². The number of rotatable bonds is 2. The summed E-state index contributed by atoms with van der Waals surface area (Å²) in [5.74, 6) is -0.188. The van der Waals surface area contributed by atoms with Gasteiger partial charge in [0.2, 0.25) is 5.78 Å². The maximum Gasteiger partial charge on any atom is 0.231 e. The number of aromatic nitrogens is 4. The minimum Gasteiger partial charge on any atom is -0.310 e. The zero-order valence-corrected chi connectivity index (χ0v) is 14.0. The number of carbonyl (C=O) groups excluding carboxylic acids is 1. The summed E-state index contributed by atoms with van der Waals surface area (Å²) in [4.78, 5) is 21.3. The van der Waals surface area contributed by atoms with Gasteiger partial charge in [-0.05, 0) is 53.0 Å². The number of pyridine rings is 1. The first kappa shape index (κ1) is 14.5. The van der Waals surface area contributed by atoms with Crippen molar-refractivity contribution in [3.63, 3.8) is 0 Å². The Morgan fingerprint density at radius 3 is 3.04 bits per heavy atom. The molecule has 4 rings (SSSR count). The third kappa shape index (κ3) is 2.55. The van der Waals surface area contributed by atoms with Gasteiger partial charge in [0.15, 0.2) is 5.65 Å². The molecular weight excluding hydrogens is 358 g/mol. The Kier molecular flexibility index (Phi) is 3.46. The highest BCUT2D eigenvalue weighted by molar-refractivity contribution is 9.10. The molecule has 0 saturated heterocycles. The molecule has 7 heteroatoms. The van der Waals surface area contributed by atoms with Crippen LogP contribution in [-0.2, 0) is 6.42 Å². The maximum atomic E-state index is 12.7. The van der Waals surface area contributed by atoms with Crippen LogP contribution in [-0.4, -0.2) is 31.9 Å². The molecule has 116 valence electrons. The second-order valence-corrected chi connectivity index (χ2v) is 6.54. The van der Waals surface area contributed by atoms with Crippen LogP contribution in [0.1, 0.15) is 40.3 Å². The molecule has 0 amide bonds. The first-order valence-corrected chi connectivity index (χ1v) is 8.19. The number of carbonyl (C=O) groups is 1. The molecule has 3 aromatic heterocycles. The van der Waals surface area contributed by atoms with E-state index in [9.17, 15) is 4.79 Å². The molecule has 4 heterocycles. The second-order valence-electron chi connectivity index (χ2n) is 5.63. The lowest BCUT2D eigenvalue weighted by atomic mass is 9.96. The lowest BCUT2D eigenvalue weighted by molar-refractivity contribution is 0.102. The van der Waals surface area contributed by atoms with Crippen LogP contribution in [0.15, 0.2) is 35.2 Å². The highest BCUT2D eigenvalue weighted by Gasteiger charge is 2.21. The fraction of sp³-hybridized carbons (Fsp3) is 0.250. The first-order chi connectivity index (χ1) is 11.1. The SMILES string of the molecule is CC1NCCc2cnc(C(=O)c3cc4ncc(Br)cn4n3)cc21. The normalized spacial score (nSPS) is 17.2. The number of nitrogens with one attached hydrogen (secondary N) is 1. The van der Waals surface area contributed by atoms with Crippen LogP contribution >= 0.6 is 15.9 Å². The highest BCUT2D eigenvalue weighted by atomic mass is 79.9. The largest absolute Gasteiger partial charge is 0.310 e. The molecule has 1 N–H and O–H groups in total. The summed E-state index contributed by atoms with van der Waals surface area (Å²) < 4.78 is 2.39. The van der Waals surface area contributed by atoms with Gasteiger partial charge in [0.1, 0.15) is 11.4 Å². The van der Waals surface area contributed by atoms with Gasteiger partial charge in [0.25, 0.3) is 0 Å². The second kappa shape index (κ2) is 5.50. The fourth-order valence-corrected chi connectivity index (χ4v) is 3.16. The maximum absolute atomic E-state index is 12.7. The average molecular weight is 372 g/mol. The van der Waals surface area contributed by atoms with Crippen molar-refractivity contribution < 1.29 is 4.79 Å². The summed E-state index contributed by atoms with van der Waals surface area (Å²) >= 11 is 3.34. The van der Waals surface area contributed by atoms with E-state index in [-0.39, 0.29) is 11.8 Å². The molecular formula is C16H14BrN5O. The minimum atomic E-state index is -0.188. The number of ketones is 1. The molecule has 3 aromatic rings.